The molecule has 1 aliphatic rings. The molecule has 0 saturated heterocycles. The molecular formula is C16H19ClN2. The van der Waals surface area contributed by atoms with E-state index < -0.39 is 0 Å². The van der Waals surface area contributed by atoms with Crippen molar-refractivity contribution < 1.29 is 0 Å². The van der Waals surface area contributed by atoms with Gasteiger partial charge in [-0.3, -0.25) is 0 Å². The lowest BCUT2D eigenvalue weighted by Crippen LogP contribution is -2.18. The Kier molecular flexibility index (Phi) is 3.63. The summed E-state index contributed by atoms with van der Waals surface area (Å²) >= 11 is 5.90. The van der Waals surface area contributed by atoms with E-state index in [0.717, 1.165) is 30.8 Å². The molecule has 1 aromatic carbocycles. The topological polar surface area (TPSA) is 30.9 Å². The van der Waals surface area contributed by atoms with Gasteiger partial charge in [0, 0.05) is 29.5 Å². The van der Waals surface area contributed by atoms with E-state index >= 15 is 0 Å². The van der Waals surface area contributed by atoms with Crippen LogP contribution < -0.4 is 5.73 Å². The van der Waals surface area contributed by atoms with Crippen molar-refractivity contribution in [3.8, 4) is 0 Å². The molecule has 0 bridgehead atoms. The zero-order chi connectivity index (χ0) is 13.2. The molecule has 19 heavy (non-hydrogen) atoms. The van der Waals surface area contributed by atoms with Crippen LogP contribution in [0, 0.1) is 0 Å². The van der Waals surface area contributed by atoms with E-state index in [0.29, 0.717) is 0 Å². The van der Waals surface area contributed by atoms with Crippen molar-refractivity contribution >= 4 is 11.6 Å². The van der Waals surface area contributed by atoms with E-state index in [9.17, 15) is 0 Å². The van der Waals surface area contributed by atoms with Crippen LogP contribution in [-0.4, -0.2) is 4.57 Å². The molecule has 3 rings (SSSR count). The first-order valence-corrected chi connectivity index (χ1v) is 7.30. The van der Waals surface area contributed by atoms with Gasteiger partial charge in [-0.25, -0.2) is 0 Å². The maximum Gasteiger partial charge on any atom is 0.0406 e. The lowest BCUT2D eigenvalue weighted by Gasteiger charge is -2.21. The Morgan fingerprint density at radius 3 is 2.79 bits per heavy atom. The van der Waals surface area contributed by atoms with Crippen molar-refractivity contribution in [2.75, 3.05) is 0 Å². The molecule has 3 heteroatoms. The highest BCUT2D eigenvalue weighted by Gasteiger charge is 2.19. The van der Waals surface area contributed by atoms with Gasteiger partial charge in [-0.15, -0.1) is 0 Å². The summed E-state index contributed by atoms with van der Waals surface area (Å²) in [6.07, 6.45) is 6.71. The normalized spacial score (nSPS) is 18.3. The number of hydrogen-bond acceptors (Lipinski definition) is 1. The molecule has 2 nitrogen and oxygen atoms in total. The highest BCUT2D eigenvalue weighted by molar-refractivity contribution is 6.30. The summed E-state index contributed by atoms with van der Waals surface area (Å²) < 4.78 is 2.36. The molecule has 0 saturated carbocycles. The second-order valence-electron chi connectivity index (χ2n) is 5.29. The van der Waals surface area contributed by atoms with Crippen LogP contribution in [0.25, 0.3) is 0 Å². The van der Waals surface area contributed by atoms with Crippen LogP contribution in [-0.2, 0) is 19.4 Å². The molecule has 0 amide bonds. The van der Waals surface area contributed by atoms with Crippen LogP contribution in [0.15, 0.2) is 36.5 Å². The smallest absolute Gasteiger partial charge is 0.0406 e. The lowest BCUT2D eigenvalue weighted by atomic mass is 9.93. The van der Waals surface area contributed by atoms with Gasteiger partial charge >= 0.3 is 0 Å². The largest absolute Gasteiger partial charge is 0.351 e. The minimum absolute atomic E-state index is 0.237. The maximum atomic E-state index is 6.16. The van der Waals surface area contributed by atoms with Gasteiger partial charge in [0.05, 0.1) is 0 Å². The highest BCUT2D eigenvalue weighted by Crippen LogP contribution is 2.28. The van der Waals surface area contributed by atoms with Gasteiger partial charge in [-0.05, 0) is 55.0 Å². The number of nitrogens with two attached hydrogens (primary N) is 1. The number of aryl methyl sites for hydroxylation is 2. The average molecular weight is 275 g/mol. The van der Waals surface area contributed by atoms with Crippen molar-refractivity contribution in [2.24, 2.45) is 5.73 Å². The van der Waals surface area contributed by atoms with Crippen LogP contribution in [0.1, 0.15) is 35.7 Å². The first kappa shape index (κ1) is 12.8. The summed E-state index contributed by atoms with van der Waals surface area (Å²) in [5.74, 6) is 0. The van der Waals surface area contributed by atoms with Crippen molar-refractivity contribution in [2.45, 2.75) is 38.3 Å². The molecule has 0 radical (unpaired) electrons. The first-order chi connectivity index (χ1) is 9.24. The predicted octanol–water partition coefficient (Wildman–Crippen LogP) is 3.72. The number of aromatic nitrogens is 1. The van der Waals surface area contributed by atoms with E-state index in [1.54, 1.807) is 0 Å². The Morgan fingerprint density at radius 1 is 1.21 bits per heavy atom. The van der Waals surface area contributed by atoms with E-state index in [4.69, 9.17) is 17.3 Å². The molecular weight excluding hydrogens is 256 g/mol. The minimum atomic E-state index is 0.237. The highest BCUT2D eigenvalue weighted by atomic mass is 35.5. The monoisotopic (exact) mass is 274 g/mol. The summed E-state index contributed by atoms with van der Waals surface area (Å²) in [6.45, 7) is 1.02. The Hall–Kier alpha value is -1.25. The number of halogens is 1. The molecule has 1 atom stereocenters. The van der Waals surface area contributed by atoms with Crippen LogP contribution in [0.4, 0.5) is 0 Å². The Labute approximate surface area is 119 Å². The zero-order valence-corrected chi connectivity index (χ0v) is 11.7. The molecule has 2 N–H and O–H groups in total. The predicted molar refractivity (Wildman–Crippen MR) is 79.5 cm³/mol. The second kappa shape index (κ2) is 5.40. The van der Waals surface area contributed by atoms with Crippen LogP contribution in [0.3, 0.4) is 0 Å². The molecule has 0 fully saturated rings. The Balaban J connectivity index is 1.72. The third-order valence-corrected chi connectivity index (χ3v) is 4.25. The first-order valence-electron chi connectivity index (χ1n) is 6.92. The quantitative estimate of drug-likeness (QED) is 0.909. The maximum absolute atomic E-state index is 6.16. The third-order valence-electron chi connectivity index (χ3n) is 4.00. The number of rotatable bonds is 3. The fourth-order valence-corrected chi connectivity index (χ4v) is 3.03. The summed E-state index contributed by atoms with van der Waals surface area (Å²) in [5, 5.41) is 0.799. The minimum Gasteiger partial charge on any atom is -0.351 e. The van der Waals surface area contributed by atoms with Gasteiger partial charge in [0.25, 0.3) is 0 Å². The third kappa shape index (κ3) is 2.70. The average Bonchev–Trinajstić information content (AvgIpc) is 2.83. The van der Waals surface area contributed by atoms with Gasteiger partial charge in [-0.2, -0.15) is 0 Å². The van der Waals surface area contributed by atoms with Gasteiger partial charge in [0.1, 0.15) is 0 Å². The van der Waals surface area contributed by atoms with Crippen LogP contribution >= 0.6 is 11.6 Å². The van der Waals surface area contributed by atoms with Crippen molar-refractivity contribution in [1.29, 1.82) is 0 Å². The van der Waals surface area contributed by atoms with E-state index in [2.05, 4.69) is 29.0 Å². The molecule has 0 spiro atoms. The molecule has 1 aromatic heterocycles. The Bertz CT molecular complexity index is 557. The van der Waals surface area contributed by atoms with Gasteiger partial charge < -0.3 is 10.3 Å². The van der Waals surface area contributed by atoms with Gasteiger partial charge in [0.15, 0.2) is 0 Å². The number of nitrogens with zero attached hydrogens (tertiary/aromatic N) is 1. The standard InChI is InChI=1S/C16H19ClN2/c17-13-6-4-12(5-7-13)8-10-19-11-9-14-15(18)2-1-3-16(14)19/h4-7,9,11,15H,1-3,8,10,18H2. The summed E-state index contributed by atoms with van der Waals surface area (Å²) in [4.78, 5) is 0. The number of hydrogen-bond donors (Lipinski definition) is 1. The van der Waals surface area contributed by atoms with Crippen molar-refractivity contribution in [3.63, 3.8) is 0 Å². The second-order valence-corrected chi connectivity index (χ2v) is 5.72. The summed E-state index contributed by atoms with van der Waals surface area (Å²) in [7, 11) is 0. The molecule has 1 heterocycles. The van der Waals surface area contributed by atoms with E-state index in [1.807, 2.05) is 12.1 Å². The molecule has 2 aromatic rings. The van der Waals surface area contributed by atoms with Crippen molar-refractivity contribution in [3.05, 3.63) is 58.4 Å². The number of benzene rings is 1. The molecule has 1 unspecified atom stereocenters. The summed E-state index contributed by atoms with van der Waals surface area (Å²) in [5.41, 5.74) is 10.3. The molecule has 1 aliphatic carbocycles. The number of fused-ring (bicyclic) bond motifs is 1. The van der Waals surface area contributed by atoms with Gasteiger partial charge in [-0.1, -0.05) is 23.7 Å². The van der Waals surface area contributed by atoms with E-state index in [1.165, 1.54) is 23.2 Å². The van der Waals surface area contributed by atoms with Crippen molar-refractivity contribution in [1.82, 2.24) is 4.57 Å². The van der Waals surface area contributed by atoms with Gasteiger partial charge in [0.2, 0.25) is 0 Å². The zero-order valence-electron chi connectivity index (χ0n) is 11.0. The SMILES string of the molecule is NC1CCCc2c1ccn2CCc1ccc(Cl)cc1. The lowest BCUT2D eigenvalue weighted by molar-refractivity contribution is 0.539. The molecule has 0 aliphatic heterocycles. The Morgan fingerprint density at radius 2 is 2.00 bits per heavy atom. The van der Waals surface area contributed by atoms with Crippen LogP contribution in [0.5, 0.6) is 0 Å². The summed E-state index contributed by atoms with van der Waals surface area (Å²) in [6, 6.07) is 10.5. The van der Waals surface area contributed by atoms with Crippen LogP contribution in [0.2, 0.25) is 5.02 Å². The van der Waals surface area contributed by atoms with E-state index in [-0.39, 0.29) is 6.04 Å². The fraction of sp³-hybridized carbons (Fsp3) is 0.375. The fourth-order valence-electron chi connectivity index (χ4n) is 2.90. The molecule has 100 valence electrons.